The van der Waals surface area contributed by atoms with Crippen molar-refractivity contribution < 1.29 is 13.5 Å². The molecule has 4 nitrogen and oxygen atoms in total. The van der Waals surface area contributed by atoms with Gasteiger partial charge >= 0.3 is 0 Å². The van der Waals surface area contributed by atoms with Crippen molar-refractivity contribution in [3.05, 3.63) is 28.2 Å². The normalized spacial score (nSPS) is 10.6. The molecule has 0 saturated carbocycles. The molecule has 0 unspecified atom stereocenters. The molecule has 1 aromatic carbocycles. The summed E-state index contributed by atoms with van der Waals surface area (Å²) in [5, 5.41) is 6.32. The van der Waals surface area contributed by atoms with Gasteiger partial charge in [-0.1, -0.05) is 0 Å². The number of rotatable bonds is 2. The lowest BCUT2D eigenvalue weighted by Gasteiger charge is -2.09. The number of aromatic amines is 1. The Labute approximate surface area is 104 Å². The van der Waals surface area contributed by atoms with Crippen molar-refractivity contribution in [1.82, 2.24) is 10.2 Å². The molecular formula is C10H8BrF2N3O. The van der Waals surface area contributed by atoms with E-state index in [1.54, 1.807) is 0 Å². The van der Waals surface area contributed by atoms with E-state index in [2.05, 4.69) is 26.1 Å². The quantitative estimate of drug-likeness (QED) is 0.839. The highest BCUT2D eigenvalue weighted by atomic mass is 79.9. The van der Waals surface area contributed by atoms with E-state index in [9.17, 15) is 8.78 Å². The number of ether oxygens (including phenoxy) is 1. The summed E-state index contributed by atoms with van der Waals surface area (Å²) in [6.07, 6.45) is 0. The van der Waals surface area contributed by atoms with Crippen LogP contribution in [-0.4, -0.2) is 17.3 Å². The van der Waals surface area contributed by atoms with Crippen LogP contribution in [0.15, 0.2) is 16.6 Å². The van der Waals surface area contributed by atoms with E-state index < -0.39 is 11.6 Å². The molecule has 0 aliphatic rings. The van der Waals surface area contributed by atoms with Crippen molar-refractivity contribution >= 4 is 21.7 Å². The van der Waals surface area contributed by atoms with Crippen LogP contribution in [-0.2, 0) is 0 Å². The Balaban J connectivity index is 2.69. The molecule has 2 aromatic rings. The number of halogens is 3. The Hall–Kier alpha value is -1.63. The first-order valence-corrected chi connectivity index (χ1v) is 5.36. The number of anilines is 1. The second kappa shape index (κ2) is 4.33. The molecule has 0 bridgehead atoms. The van der Waals surface area contributed by atoms with Gasteiger partial charge in [-0.25, -0.2) is 4.39 Å². The number of methoxy groups -OCH3 is 1. The van der Waals surface area contributed by atoms with Gasteiger partial charge in [0, 0.05) is 11.6 Å². The lowest BCUT2D eigenvalue weighted by atomic mass is 10.1. The fraction of sp³-hybridized carbons (Fsp3) is 0.100. The predicted molar refractivity (Wildman–Crippen MR) is 62.6 cm³/mol. The number of nitrogens with two attached hydrogens (primary N) is 1. The number of aromatic nitrogens is 2. The molecule has 0 spiro atoms. The van der Waals surface area contributed by atoms with Gasteiger partial charge in [0.15, 0.2) is 11.6 Å². The van der Waals surface area contributed by atoms with Gasteiger partial charge in [0.25, 0.3) is 0 Å². The first-order chi connectivity index (χ1) is 8.04. The van der Waals surface area contributed by atoms with Crippen LogP contribution in [0, 0.1) is 11.6 Å². The van der Waals surface area contributed by atoms with E-state index in [-0.39, 0.29) is 16.0 Å². The summed E-state index contributed by atoms with van der Waals surface area (Å²) < 4.78 is 31.8. The Bertz CT molecular complexity index is 571. The average Bonchev–Trinajstić information content (AvgIpc) is 2.72. The maximum Gasteiger partial charge on any atom is 0.202 e. The minimum Gasteiger partial charge on any atom is -0.493 e. The topological polar surface area (TPSA) is 63.9 Å². The Morgan fingerprint density at radius 1 is 1.35 bits per heavy atom. The van der Waals surface area contributed by atoms with Crippen LogP contribution in [0.5, 0.6) is 5.75 Å². The van der Waals surface area contributed by atoms with Crippen LogP contribution in [0.3, 0.4) is 0 Å². The zero-order valence-electron chi connectivity index (χ0n) is 8.72. The zero-order valence-corrected chi connectivity index (χ0v) is 10.3. The third kappa shape index (κ3) is 1.97. The fourth-order valence-electron chi connectivity index (χ4n) is 1.45. The third-order valence-electron chi connectivity index (χ3n) is 2.21. The molecule has 0 atom stereocenters. The zero-order chi connectivity index (χ0) is 12.6. The van der Waals surface area contributed by atoms with Gasteiger partial charge in [0.1, 0.15) is 5.82 Å². The van der Waals surface area contributed by atoms with E-state index in [4.69, 9.17) is 10.5 Å². The largest absolute Gasteiger partial charge is 0.493 e. The van der Waals surface area contributed by atoms with Gasteiger partial charge in [-0.05, 0) is 22.0 Å². The monoisotopic (exact) mass is 303 g/mol. The van der Waals surface area contributed by atoms with Gasteiger partial charge in [0.05, 0.1) is 17.3 Å². The molecule has 0 aliphatic heterocycles. The smallest absolute Gasteiger partial charge is 0.202 e. The van der Waals surface area contributed by atoms with Crippen LogP contribution in [0.1, 0.15) is 0 Å². The molecule has 0 radical (unpaired) electrons. The van der Waals surface area contributed by atoms with Crippen LogP contribution in [0.4, 0.5) is 14.6 Å². The van der Waals surface area contributed by atoms with Gasteiger partial charge in [-0.2, -0.15) is 9.49 Å². The predicted octanol–water partition coefficient (Wildman–Crippen LogP) is 2.71. The second-order valence-corrected chi connectivity index (χ2v) is 4.13. The number of hydrogen-bond donors (Lipinski definition) is 2. The first kappa shape index (κ1) is 11.8. The van der Waals surface area contributed by atoms with Crippen LogP contribution in [0.2, 0.25) is 0 Å². The summed E-state index contributed by atoms with van der Waals surface area (Å²) >= 11 is 2.93. The van der Waals surface area contributed by atoms with E-state index >= 15 is 0 Å². The lowest BCUT2D eigenvalue weighted by molar-refractivity contribution is 0.372. The Morgan fingerprint density at radius 3 is 2.59 bits per heavy atom. The van der Waals surface area contributed by atoms with Crippen molar-refractivity contribution in [2.24, 2.45) is 0 Å². The Morgan fingerprint density at radius 2 is 2.06 bits per heavy atom. The van der Waals surface area contributed by atoms with Crippen LogP contribution in [0.25, 0.3) is 11.3 Å². The molecule has 0 aliphatic carbocycles. The standard InChI is InChI=1S/C10H8BrF2N3O/c1-17-10-4(6-3-7(14)16-15-6)2-5(11)8(12)9(10)13/h2-3H,1H3,(H3,14,15,16). The summed E-state index contributed by atoms with van der Waals surface area (Å²) in [7, 11) is 1.26. The first-order valence-electron chi connectivity index (χ1n) is 4.57. The molecule has 3 N–H and O–H groups in total. The highest BCUT2D eigenvalue weighted by Gasteiger charge is 2.20. The molecule has 0 saturated heterocycles. The van der Waals surface area contributed by atoms with Crippen molar-refractivity contribution in [3.63, 3.8) is 0 Å². The maximum absolute atomic E-state index is 13.6. The second-order valence-electron chi connectivity index (χ2n) is 3.27. The fourth-order valence-corrected chi connectivity index (χ4v) is 1.86. The number of H-pyrrole nitrogens is 1. The van der Waals surface area contributed by atoms with Crippen LogP contribution < -0.4 is 10.5 Å². The SMILES string of the molecule is COc1c(-c2cc(N)n[nH]2)cc(Br)c(F)c1F. The molecule has 0 fully saturated rings. The van der Waals surface area contributed by atoms with E-state index in [0.717, 1.165) is 0 Å². The third-order valence-corrected chi connectivity index (χ3v) is 2.79. The summed E-state index contributed by atoms with van der Waals surface area (Å²) in [6, 6.07) is 2.89. The number of nitrogen functional groups attached to an aromatic ring is 1. The van der Waals surface area contributed by atoms with Gasteiger partial charge < -0.3 is 10.5 Å². The lowest BCUT2D eigenvalue weighted by Crippen LogP contribution is -1.97. The minimum absolute atomic E-state index is 0.000952. The van der Waals surface area contributed by atoms with Crippen molar-refractivity contribution in [3.8, 4) is 17.0 Å². The van der Waals surface area contributed by atoms with Gasteiger partial charge in [0.2, 0.25) is 5.82 Å². The number of nitrogens with one attached hydrogen (secondary N) is 1. The molecule has 2 rings (SSSR count). The van der Waals surface area contributed by atoms with Crippen molar-refractivity contribution in [2.75, 3.05) is 12.8 Å². The van der Waals surface area contributed by atoms with Crippen molar-refractivity contribution in [1.29, 1.82) is 0 Å². The molecule has 7 heteroatoms. The molecule has 90 valence electrons. The highest BCUT2D eigenvalue weighted by molar-refractivity contribution is 9.10. The maximum atomic E-state index is 13.6. The van der Waals surface area contributed by atoms with Crippen LogP contribution >= 0.6 is 15.9 Å². The highest BCUT2D eigenvalue weighted by Crippen LogP contribution is 2.36. The van der Waals surface area contributed by atoms with E-state index in [1.165, 1.54) is 19.2 Å². The molecular weight excluding hydrogens is 296 g/mol. The number of benzene rings is 1. The Kier molecular flexibility index (Phi) is 3.01. The van der Waals surface area contributed by atoms with E-state index in [0.29, 0.717) is 11.3 Å². The summed E-state index contributed by atoms with van der Waals surface area (Å²) in [6.45, 7) is 0. The summed E-state index contributed by atoms with van der Waals surface area (Å²) in [5.41, 5.74) is 6.23. The number of nitrogens with zero attached hydrogens (tertiary/aromatic N) is 1. The average molecular weight is 304 g/mol. The van der Waals surface area contributed by atoms with Crippen molar-refractivity contribution in [2.45, 2.75) is 0 Å². The van der Waals surface area contributed by atoms with Gasteiger partial charge in [-0.3, -0.25) is 5.10 Å². The summed E-state index contributed by atoms with van der Waals surface area (Å²) in [4.78, 5) is 0. The molecule has 17 heavy (non-hydrogen) atoms. The minimum atomic E-state index is -1.06. The molecule has 0 amide bonds. The summed E-state index contributed by atoms with van der Waals surface area (Å²) in [5.74, 6) is -2.01. The molecule has 1 aromatic heterocycles. The molecule has 1 heterocycles. The van der Waals surface area contributed by atoms with E-state index in [1.807, 2.05) is 0 Å². The number of hydrogen-bond acceptors (Lipinski definition) is 3. The van der Waals surface area contributed by atoms with Gasteiger partial charge in [-0.15, -0.1) is 0 Å².